The van der Waals surface area contributed by atoms with Crippen LogP contribution in [0.25, 0.3) is 0 Å². The third-order valence-electron chi connectivity index (χ3n) is 2.81. The molecule has 0 spiro atoms. The number of ether oxygens (including phenoxy) is 4. The second kappa shape index (κ2) is 7.20. The fraction of sp³-hybridized carbons (Fsp3) is 0.500. The summed E-state index contributed by atoms with van der Waals surface area (Å²) < 4.78 is 21.8. The van der Waals surface area contributed by atoms with Crippen LogP contribution in [0.15, 0.2) is 29.8 Å². The minimum Gasteiger partial charge on any atom is -0.489 e. The highest BCUT2D eigenvalue weighted by Gasteiger charge is 2.13. The zero-order chi connectivity index (χ0) is 14.4. The smallest absolute Gasteiger partial charge is 0.231 e. The lowest BCUT2D eigenvalue weighted by molar-refractivity contribution is 0.134. The van der Waals surface area contributed by atoms with Gasteiger partial charge in [-0.3, -0.25) is 0 Å². The number of rotatable bonds is 7. The molecule has 0 atom stereocenters. The Hall–Kier alpha value is -1.68. The molecule has 0 N–H and O–H groups in total. The van der Waals surface area contributed by atoms with E-state index in [1.165, 1.54) is 0 Å². The van der Waals surface area contributed by atoms with Gasteiger partial charge in [-0.1, -0.05) is 19.9 Å². The largest absolute Gasteiger partial charge is 0.489 e. The van der Waals surface area contributed by atoms with Crippen LogP contribution in [0.4, 0.5) is 0 Å². The van der Waals surface area contributed by atoms with Crippen molar-refractivity contribution in [2.24, 2.45) is 5.92 Å². The van der Waals surface area contributed by atoms with Gasteiger partial charge in [0.15, 0.2) is 11.5 Å². The molecule has 110 valence electrons. The molecule has 1 aromatic carbocycles. The van der Waals surface area contributed by atoms with Crippen molar-refractivity contribution in [3.63, 3.8) is 0 Å². The van der Waals surface area contributed by atoms with Crippen molar-refractivity contribution in [3.8, 4) is 17.2 Å². The van der Waals surface area contributed by atoms with Gasteiger partial charge in [-0.2, -0.15) is 0 Å². The summed E-state index contributed by atoms with van der Waals surface area (Å²) in [5.74, 6) is 2.86. The Morgan fingerprint density at radius 2 is 2.10 bits per heavy atom. The quantitative estimate of drug-likeness (QED) is 0.566. The summed E-state index contributed by atoms with van der Waals surface area (Å²) in [6, 6.07) is 5.60. The summed E-state index contributed by atoms with van der Waals surface area (Å²) in [6.07, 6.45) is 2.05. The van der Waals surface area contributed by atoms with Crippen LogP contribution < -0.4 is 14.2 Å². The minimum atomic E-state index is 0.283. The van der Waals surface area contributed by atoms with Gasteiger partial charge >= 0.3 is 0 Å². The lowest BCUT2D eigenvalue weighted by atomic mass is 10.2. The van der Waals surface area contributed by atoms with Gasteiger partial charge in [0.1, 0.15) is 12.4 Å². The zero-order valence-corrected chi connectivity index (χ0v) is 12.3. The molecule has 2 rings (SSSR count). The van der Waals surface area contributed by atoms with Crippen LogP contribution >= 0.6 is 0 Å². The van der Waals surface area contributed by atoms with Crippen LogP contribution in [0.1, 0.15) is 20.8 Å². The first-order chi connectivity index (χ1) is 9.65. The van der Waals surface area contributed by atoms with Crippen LogP contribution in [0.3, 0.4) is 0 Å². The molecule has 0 aromatic heterocycles. The SMILES string of the molecule is CC(=CCOCC(C)C)COc1ccc2c(c1)OCO2. The highest BCUT2D eigenvalue weighted by molar-refractivity contribution is 5.46. The number of hydrogen-bond donors (Lipinski definition) is 0. The van der Waals surface area contributed by atoms with Crippen molar-refractivity contribution >= 4 is 0 Å². The van der Waals surface area contributed by atoms with Crippen molar-refractivity contribution in [3.05, 3.63) is 29.8 Å². The summed E-state index contributed by atoms with van der Waals surface area (Å²) in [5.41, 5.74) is 1.14. The van der Waals surface area contributed by atoms with Crippen molar-refractivity contribution in [2.45, 2.75) is 20.8 Å². The number of benzene rings is 1. The lowest BCUT2D eigenvalue weighted by Gasteiger charge is -2.08. The maximum absolute atomic E-state index is 5.71. The topological polar surface area (TPSA) is 36.9 Å². The van der Waals surface area contributed by atoms with Crippen molar-refractivity contribution in [1.82, 2.24) is 0 Å². The Balaban J connectivity index is 1.75. The van der Waals surface area contributed by atoms with E-state index < -0.39 is 0 Å². The van der Waals surface area contributed by atoms with E-state index in [4.69, 9.17) is 18.9 Å². The normalized spacial score (nSPS) is 13.9. The second-order valence-electron chi connectivity index (χ2n) is 5.29. The van der Waals surface area contributed by atoms with Crippen LogP contribution in [-0.4, -0.2) is 26.6 Å². The molecule has 0 radical (unpaired) electrons. The van der Waals surface area contributed by atoms with E-state index in [1.807, 2.05) is 25.1 Å². The van der Waals surface area contributed by atoms with Gasteiger partial charge in [0.05, 0.1) is 6.61 Å². The summed E-state index contributed by atoms with van der Waals surface area (Å²) in [7, 11) is 0. The van der Waals surface area contributed by atoms with Crippen molar-refractivity contribution < 1.29 is 18.9 Å². The Labute approximate surface area is 120 Å². The average Bonchev–Trinajstić information content (AvgIpc) is 2.88. The third-order valence-corrected chi connectivity index (χ3v) is 2.81. The molecule has 0 saturated heterocycles. The minimum absolute atomic E-state index is 0.283. The molecule has 1 aliphatic rings. The lowest BCUT2D eigenvalue weighted by Crippen LogP contribution is -2.04. The van der Waals surface area contributed by atoms with Crippen LogP contribution in [0, 0.1) is 5.92 Å². The maximum Gasteiger partial charge on any atom is 0.231 e. The summed E-state index contributed by atoms with van der Waals surface area (Å²) in [6.45, 7) is 8.56. The zero-order valence-electron chi connectivity index (χ0n) is 12.3. The molecule has 0 bridgehead atoms. The first-order valence-corrected chi connectivity index (χ1v) is 6.91. The van der Waals surface area contributed by atoms with Crippen LogP contribution in [-0.2, 0) is 4.74 Å². The molecular weight excluding hydrogens is 256 g/mol. The van der Waals surface area contributed by atoms with Crippen molar-refractivity contribution in [2.75, 3.05) is 26.6 Å². The maximum atomic E-state index is 5.71. The molecule has 0 amide bonds. The highest BCUT2D eigenvalue weighted by atomic mass is 16.7. The second-order valence-corrected chi connectivity index (χ2v) is 5.29. The summed E-state index contributed by atoms with van der Waals surface area (Å²) in [5, 5.41) is 0. The average molecular weight is 278 g/mol. The standard InChI is InChI=1S/C16H22O4/c1-12(2)9-17-7-6-13(3)10-18-14-4-5-15-16(8-14)20-11-19-15/h4-6,8,12H,7,9-11H2,1-3H3. The summed E-state index contributed by atoms with van der Waals surface area (Å²) >= 11 is 0. The first-order valence-electron chi connectivity index (χ1n) is 6.91. The fourth-order valence-electron chi connectivity index (χ4n) is 1.73. The molecule has 0 unspecified atom stereocenters. The van der Waals surface area contributed by atoms with Gasteiger partial charge in [-0.15, -0.1) is 0 Å². The number of hydrogen-bond acceptors (Lipinski definition) is 4. The van der Waals surface area contributed by atoms with Crippen molar-refractivity contribution in [1.29, 1.82) is 0 Å². The molecule has 1 aliphatic heterocycles. The molecule has 4 nitrogen and oxygen atoms in total. The van der Waals surface area contributed by atoms with Gasteiger partial charge in [0.25, 0.3) is 0 Å². The van der Waals surface area contributed by atoms with E-state index in [0.29, 0.717) is 19.1 Å². The molecule has 0 aliphatic carbocycles. The molecule has 1 aromatic rings. The third kappa shape index (κ3) is 4.46. The van der Waals surface area contributed by atoms with E-state index in [0.717, 1.165) is 29.4 Å². The molecule has 4 heteroatoms. The van der Waals surface area contributed by atoms with Crippen LogP contribution in [0.5, 0.6) is 17.2 Å². The van der Waals surface area contributed by atoms with Gasteiger partial charge in [0.2, 0.25) is 6.79 Å². The Morgan fingerprint density at radius 3 is 2.90 bits per heavy atom. The molecule has 0 saturated carbocycles. The number of fused-ring (bicyclic) bond motifs is 1. The van der Waals surface area contributed by atoms with E-state index in [2.05, 4.69) is 19.9 Å². The monoisotopic (exact) mass is 278 g/mol. The molecule has 0 fully saturated rings. The Kier molecular flexibility index (Phi) is 5.30. The van der Waals surface area contributed by atoms with Gasteiger partial charge in [0, 0.05) is 12.7 Å². The van der Waals surface area contributed by atoms with E-state index >= 15 is 0 Å². The highest BCUT2D eigenvalue weighted by Crippen LogP contribution is 2.35. The fourth-order valence-corrected chi connectivity index (χ4v) is 1.73. The van der Waals surface area contributed by atoms with E-state index in [-0.39, 0.29) is 6.79 Å². The molecule has 20 heavy (non-hydrogen) atoms. The van der Waals surface area contributed by atoms with Gasteiger partial charge in [-0.05, 0) is 30.5 Å². The Morgan fingerprint density at radius 1 is 1.30 bits per heavy atom. The first kappa shape index (κ1) is 14.7. The molecule has 1 heterocycles. The van der Waals surface area contributed by atoms with E-state index in [1.54, 1.807) is 0 Å². The van der Waals surface area contributed by atoms with Crippen LogP contribution in [0.2, 0.25) is 0 Å². The molecular formula is C16H22O4. The van der Waals surface area contributed by atoms with E-state index in [9.17, 15) is 0 Å². The Bertz CT molecular complexity index is 466. The van der Waals surface area contributed by atoms with Gasteiger partial charge < -0.3 is 18.9 Å². The van der Waals surface area contributed by atoms with Gasteiger partial charge in [-0.25, -0.2) is 0 Å². The summed E-state index contributed by atoms with van der Waals surface area (Å²) in [4.78, 5) is 0. The predicted octanol–water partition coefficient (Wildman–Crippen LogP) is 3.41. The predicted molar refractivity (Wildman–Crippen MR) is 77.5 cm³/mol.